The predicted octanol–water partition coefficient (Wildman–Crippen LogP) is 1.74. The Labute approximate surface area is 91.9 Å². The van der Waals surface area contributed by atoms with Crippen molar-refractivity contribution < 1.29 is 9.53 Å². The summed E-state index contributed by atoms with van der Waals surface area (Å²) in [6.07, 6.45) is 2.83. The third kappa shape index (κ3) is 2.81. The lowest BCUT2D eigenvalue weighted by atomic mass is 9.89. The molecule has 1 N–H and O–H groups in total. The maximum atomic E-state index is 11.9. The molecule has 4 atom stereocenters. The number of hydrogen-bond donors (Lipinski definition) is 1. The highest BCUT2D eigenvalue weighted by Crippen LogP contribution is 2.32. The summed E-state index contributed by atoms with van der Waals surface area (Å²) in [5, 5.41) is 2.92. The van der Waals surface area contributed by atoms with Gasteiger partial charge in [0.25, 0.3) is 0 Å². The average Bonchev–Trinajstić information content (AvgIpc) is 2.41. The van der Waals surface area contributed by atoms with Crippen LogP contribution in [0, 0.1) is 11.8 Å². The largest absolute Gasteiger partial charge is 0.374 e. The second-order valence-corrected chi connectivity index (χ2v) is 4.30. The molecule has 0 bridgehead atoms. The Kier molecular flexibility index (Phi) is 4.33. The first-order chi connectivity index (χ1) is 7.07. The molecule has 1 aliphatic rings. The minimum absolute atomic E-state index is 0.00943. The van der Waals surface area contributed by atoms with Crippen LogP contribution in [-0.4, -0.2) is 24.7 Å². The Bertz CT molecular complexity index is 240. The predicted molar refractivity (Wildman–Crippen MR) is 60.5 cm³/mol. The number of nitrogens with one attached hydrogen (secondary N) is 1. The van der Waals surface area contributed by atoms with Crippen molar-refractivity contribution in [2.24, 2.45) is 11.8 Å². The van der Waals surface area contributed by atoms with Gasteiger partial charge in [0.2, 0.25) is 5.91 Å². The molecule has 1 rings (SSSR count). The molecule has 0 aromatic rings. The lowest BCUT2D eigenvalue weighted by molar-refractivity contribution is -0.127. The van der Waals surface area contributed by atoms with E-state index in [1.54, 1.807) is 6.08 Å². The van der Waals surface area contributed by atoms with Crippen molar-refractivity contribution in [3.05, 3.63) is 12.7 Å². The fourth-order valence-corrected chi connectivity index (χ4v) is 2.13. The molecule has 1 heterocycles. The highest BCUT2D eigenvalue weighted by Gasteiger charge is 2.41. The van der Waals surface area contributed by atoms with E-state index < -0.39 is 0 Å². The summed E-state index contributed by atoms with van der Waals surface area (Å²) in [5.41, 5.74) is 0. The van der Waals surface area contributed by atoms with Crippen LogP contribution in [0.2, 0.25) is 0 Å². The first-order valence-electron chi connectivity index (χ1n) is 5.62. The molecule has 1 saturated heterocycles. The minimum Gasteiger partial charge on any atom is -0.374 e. The Hall–Kier alpha value is -0.830. The van der Waals surface area contributed by atoms with Gasteiger partial charge in [-0.2, -0.15) is 0 Å². The van der Waals surface area contributed by atoms with Crippen molar-refractivity contribution in [2.45, 2.75) is 39.4 Å². The lowest BCUT2D eigenvalue weighted by Gasteiger charge is -2.17. The second-order valence-electron chi connectivity index (χ2n) is 4.30. The van der Waals surface area contributed by atoms with E-state index in [0.29, 0.717) is 12.5 Å². The number of carbonyl (C=O) groups is 1. The standard InChI is InChI=1S/C12H21NO2/c1-5-6-7-13-12(14)11-8(2)9(3)15-10(11)4/h5,8-11H,1,6-7H2,2-4H3,(H,13,14). The number of hydrogen-bond acceptors (Lipinski definition) is 2. The van der Waals surface area contributed by atoms with Crippen LogP contribution < -0.4 is 5.32 Å². The van der Waals surface area contributed by atoms with Crippen LogP contribution in [0.3, 0.4) is 0 Å². The van der Waals surface area contributed by atoms with Crippen molar-refractivity contribution in [3.63, 3.8) is 0 Å². The smallest absolute Gasteiger partial charge is 0.226 e. The summed E-state index contributed by atoms with van der Waals surface area (Å²) in [6.45, 7) is 10.4. The van der Waals surface area contributed by atoms with Gasteiger partial charge in [0, 0.05) is 6.54 Å². The Morgan fingerprint density at radius 1 is 1.40 bits per heavy atom. The summed E-state index contributed by atoms with van der Waals surface area (Å²) in [4.78, 5) is 11.9. The van der Waals surface area contributed by atoms with Gasteiger partial charge < -0.3 is 10.1 Å². The third-order valence-electron chi connectivity index (χ3n) is 3.19. The zero-order valence-corrected chi connectivity index (χ0v) is 9.82. The van der Waals surface area contributed by atoms with E-state index in [0.717, 1.165) is 6.42 Å². The van der Waals surface area contributed by atoms with Gasteiger partial charge in [-0.25, -0.2) is 0 Å². The van der Waals surface area contributed by atoms with E-state index in [1.165, 1.54) is 0 Å². The third-order valence-corrected chi connectivity index (χ3v) is 3.19. The molecule has 0 aliphatic carbocycles. The summed E-state index contributed by atoms with van der Waals surface area (Å²) >= 11 is 0. The summed E-state index contributed by atoms with van der Waals surface area (Å²) < 4.78 is 5.63. The average molecular weight is 211 g/mol. The van der Waals surface area contributed by atoms with Crippen LogP contribution in [0.5, 0.6) is 0 Å². The quantitative estimate of drug-likeness (QED) is 0.568. The molecule has 86 valence electrons. The Balaban J connectivity index is 2.47. The fourth-order valence-electron chi connectivity index (χ4n) is 2.13. The maximum Gasteiger partial charge on any atom is 0.226 e. The second kappa shape index (κ2) is 5.31. The van der Waals surface area contributed by atoms with E-state index in [2.05, 4.69) is 18.8 Å². The van der Waals surface area contributed by atoms with Crippen LogP contribution in [0.1, 0.15) is 27.2 Å². The number of ether oxygens (including phenoxy) is 1. The summed E-state index contributed by atoms with van der Waals surface area (Å²) in [7, 11) is 0. The molecule has 15 heavy (non-hydrogen) atoms. The lowest BCUT2D eigenvalue weighted by Crippen LogP contribution is -2.37. The van der Waals surface area contributed by atoms with Gasteiger partial charge in [-0.1, -0.05) is 13.0 Å². The van der Waals surface area contributed by atoms with E-state index >= 15 is 0 Å². The molecule has 3 heteroatoms. The van der Waals surface area contributed by atoms with E-state index in [9.17, 15) is 4.79 Å². The highest BCUT2D eigenvalue weighted by molar-refractivity contribution is 5.79. The van der Waals surface area contributed by atoms with Crippen LogP contribution in [0.25, 0.3) is 0 Å². The molecular formula is C12H21NO2. The molecule has 1 aliphatic heterocycles. The molecule has 0 aromatic carbocycles. The van der Waals surface area contributed by atoms with Crippen molar-refractivity contribution in [2.75, 3.05) is 6.54 Å². The maximum absolute atomic E-state index is 11.9. The molecule has 0 saturated carbocycles. The van der Waals surface area contributed by atoms with Crippen molar-refractivity contribution >= 4 is 5.91 Å². The monoisotopic (exact) mass is 211 g/mol. The molecular weight excluding hydrogens is 190 g/mol. The van der Waals surface area contributed by atoms with Gasteiger partial charge in [-0.15, -0.1) is 6.58 Å². The van der Waals surface area contributed by atoms with E-state index in [1.807, 2.05) is 13.8 Å². The van der Waals surface area contributed by atoms with Gasteiger partial charge in [0.1, 0.15) is 0 Å². The Morgan fingerprint density at radius 2 is 2.07 bits per heavy atom. The fraction of sp³-hybridized carbons (Fsp3) is 0.750. The molecule has 0 spiro atoms. The number of amides is 1. The molecule has 4 unspecified atom stereocenters. The van der Waals surface area contributed by atoms with Gasteiger partial charge in [0.05, 0.1) is 18.1 Å². The first kappa shape index (κ1) is 12.2. The van der Waals surface area contributed by atoms with Gasteiger partial charge in [0.15, 0.2) is 0 Å². The van der Waals surface area contributed by atoms with Crippen molar-refractivity contribution in [1.29, 1.82) is 0 Å². The molecule has 3 nitrogen and oxygen atoms in total. The van der Waals surface area contributed by atoms with E-state index in [-0.39, 0.29) is 24.0 Å². The van der Waals surface area contributed by atoms with Crippen LogP contribution >= 0.6 is 0 Å². The normalized spacial score (nSPS) is 35.1. The zero-order chi connectivity index (χ0) is 11.4. The SMILES string of the molecule is C=CCCNC(=O)C1C(C)OC(C)C1C. The molecule has 1 amide bonds. The molecule has 0 radical (unpaired) electrons. The molecule has 0 aromatic heterocycles. The highest BCUT2D eigenvalue weighted by atomic mass is 16.5. The summed E-state index contributed by atoms with van der Waals surface area (Å²) in [5.74, 6) is 0.398. The first-order valence-corrected chi connectivity index (χ1v) is 5.62. The number of carbonyl (C=O) groups excluding carboxylic acids is 1. The van der Waals surface area contributed by atoms with Crippen molar-refractivity contribution in [3.8, 4) is 0 Å². The van der Waals surface area contributed by atoms with Crippen LogP contribution in [0.4, 0.5) is 0 Å². The van der Waals surface area contributed by atoms with Crippen LogP contribution in [0.15, 0.2) is 12.7 Å². The van der Waals surface area contributed by atoms with Crippen LogP contribution in [-0.2, 0) is 9.53 Å². The Morgan fingerprint density at radius 3 is 2.53 bits per heavy atom. The molecule has 1 fully saturated rings. The van der Waals surface area contributed by atoms with Gasteiger partial charge in [-0.3, -0.25) is 4.79 Å². The number of rotatable bonds is 4. The van der Waals surface area contributed by atoms with Gasteiger partial charge >= 0.3 is 0 Å². The van der Waals surface area contributed by atoms with Crippen molar-refractivity contribution in [1.82, 2.24) is 5.32 Å². The minimum atomic E-state index is -0.00943. The van der Waals surface area contributed by atoms with Gasteiger partial charge in [-0.05, 0) is 26.2 Å². The topological polar surface area (TPSA) is 38.3 Å². The summed E-state index contributed by atoms with van der Waals surface area (Å²) in [6, 6.07) is 0. The zero-order valence-electron chi connectivity index (χ0n) is 9.82. The van der Waals surface area contributed by atoms with E-state index in [4.69, 9.17) is 4.74 Å².